The van der Waals surface area contributed by atoms with Crippen molar-refractivity contribution < 1.29 is 4.79 Å². The van der Waals surface area contributed by atoms with E-state index in [4.69, 9.17) is 5.73 Å². The highest BCUT2D eigenvalue weighted by atomic mass is 32.1. The van der Waals surface area contributed by atoms with E-state index in [1.807, 2.05) is 45.2 Å². The van der Waals surface area contributed by atoms with Gasteiger partial charge in [-0.25, -0.2) is 0 Å². The van der Waals surface area contributed by atoms with E-state index in [9.17, 15) is 4.79 Å². The van der Waals surface area contributed by atoms with Crippen molar-refractivity contribution in [1.82, 2.24) is 9.78 Å². The van der Waals surface area contributed by atoms with Gasteiger partial charge in [0.15, 0.2) is 0 Å². The van der Waals surface area contributed by atoms with Crippen LogP contribution in [-0.4, -0.2) is 15.7 Å². The van der Waals surface area contributed by atoms with Crippen molar-refractivity contribution in [1.29, 1.82) is 0 Å². The van der Waals surface area contributed by atoms with Gasteiger partial charge in [0.1, 0.15) is 9.71 Å². The van der Waals surface area contributed by atoms with E-state index >= 15 is 0 Å². The van der Waals surface area contributed by atoms with Gasteiger partial charge in [-0.3, -0.25) is 9.48 Å². The number of nitrogens with zero attached hydrogens (tertiary/aromatic N) is 2. The molecule has 0 aliphatic heterocycles. The van der Waals surface area contributed by atoms with E-state index in [2.05, 4.69) is 10.4 Å². The molecule has 3 N–H and O–H groups in total. The molecule has 3 aromatic rings. The van der Waals surface area contributed by atoms with Crippen molar-refractivity contribution in [3.05, 3.63) is 40.4 Å². The van der Waals surface area contributed by atoms with E-state index in [1.165, 1.54) is 11.3 Å². The van der Waals surface area contributed by atoms with E-state index in [0.29, 0.717) is 10.6 Å². The van der Waals surface area contributed by atoms with Crippen LogP contribution in [0.5, 0.6) is 0 Å². The van der Waals surface area contributed by atoms with Gasteiger partial charge in [-0.2, -0.15) is 5.10 Å². The summed E-state index contributed by atoms with van der Waals surface area (Å²) in [5.74, 6) is -0.183. The summed E-state index contributed by atoms with van der Waals surface area (Å²) in [6.45, 7) is 3.90. The molecular formula is C15H16N4OS. The Labute approximate surface area is 126 Å². The molecule has 108 valence electrons. The van der Waals surface area contributed by atoms with Crippen molar-refractivity contribution in [2.75, 3.05) is 11.1 Å². The van der Waals surface area contributed by atoms with Crippen LogP contribution >= 0.6 is 11.3 Å². The van der Waals surface area contributed by atoms with Crippen LogP contribution in [0.15, 0.2) is 24.3 Å². The Bertz CT molecular complexity index is 830. The van der Waals surface area contributed by atoms with Crippen molar-refractivity contribution in [2.24, 2.45) is 7.05 Å². The van der Waals surface area contributed by atoms with Crippen LogP contribution in [0, 0.1) is 13.8 Å². The first-order valence-electron chi connectivity index (χ1n) is 6.57. The molecule has 0 saturated carbocycles. The van der Waals surface area contributed by atoms with Gasteiger partial charge in [0.05, 0.1) is 16.8 Å². The largest absolute Gasteiger partial charge is 0.397 e. The number of aryl methyl sites for hydroxylation is 3. The Kier molecular flexibility index (Phi) is 3.17. The van der Waals surface area contributed by atoms with Gasteiger partial charge in [-0.15, -0.1) is 11.3 Å². The van der Waals surface area contributed by atoms with Gasteiger partial charge in [0, 0.05) is 12.7 Å². The van der Waals surface area contributed by atoms with Crippen molar-refractivity contribution in [3.63, 3.8) is 0 Å². The zero-order chi connectivity index (χ0) is 15.1. The Hall–Kier alpha value is -2.34. The highest BCUT2D eigenvalue weighted by Crippen LogP contribution is 2.35. The van der Waals surface area contributed by atoms with E-state index < -0.39 is 0 Å². The SMILES string of the molecule is Cc1ccc(NC(=O)c2sc3c(c(C)nn3C)c2N)cc1. The minimum absolute atomic E-state index is 0.183. The summed E-state index contributed by atoms with van der Waals surface area (Å²) in [6, 6.07) is 7.67. The van der Waals surface area contributed by atoms with Gasteiger partial charge in [0.2, 0.25) is 0 Å². The number of nitrogens with one attached hydrogen (secondary N) is 1. The number of hydrogen-bond acceptors (Lipinski definition) is 4. The predicted octanol–water partition coefficient (Wildman–Crippen LogP) is 3.09. The number of carbonyl (C=O) groups is 1. The fraction of sp³-hybridized carbons (Fsp3) is 0.200. The molecule has 21 heavy (non-hydrogen) atoms. The number of carbonyl (C=O) groups excluding carboxylic acids is 1. The zero-order valence-corrected chi connectivity index (χ0v) is 12.9. The van der Waals surface area contributed by atoms with Crippen LogP contribution in [0.2, 0.25) is 0 Å². The van der Waals surface area contributed by atoms with Gasteiger partial charge >= 0.3 is 0 Å². The summed E-state index contributed by atoms with van der Waals surface area (Å²) < 4.78 is 1.76. The molecule has 1 aromatic carbocycles. The third kappa shape index (κ3) is 2.27. The molecule has 0 aliphatic carbocycles. The summed E-state index contributed by atoms with van der Waals surface area (Å²) in [5.41, 5.74) is 9.39. The second-order valence-electron chi connectivity index (χ2n) is 5.05. The number of thiophene rings is 1. The van der Waals surface area contributed by atoms with Crippen molar-refractivity contribution >= 4 is 38.8 Å². The van der Waals surface area contributed by atoms with E-state index in [0.717, 1.165) is 27.2 Å². The number of hydrogen-bond donors (Lipinski definition) is 2. The number of aromatic nitrogens is 2. The zero-order valence-electron chi connectivity index (χ0n) is 12.1. The third-order valence-corrected chi connectivity index (χ3v) is 4.67. The lowest BCUT2D eigenvalue weighted by atomic mass is 10.2. The summed E-state index contributed by atoms with van der Waals surface area (Å²) in [5, 5.41) is 8.07. The fourth-order valence-corrected chi connectivity index (χ4v) is 3.40. The summed E-state index contributed by atoms with van der Waals surface area (Å²) >= 11 is 1.37. The number of benzene rings is 1. The Morgan fingerprint density at radius 2 is 1.95 bits per heavy atom. The lowest BCUT2D eigenvalue weighted by Gasteiger charge is -2.04. The first-order chi connectivity index (χ1) is 9.97. The van der Waals surface area contributed by atoms with Crippen molar-refractivity contribution in [2.45, 2.75) is 13.8 Å². The van der Waals surface area contributed by atoms with Gasteiger partial charge < -0.3 is 11.1 Å². The Balaban J connectivity index is 1.96. The van der Waals surface area contributed by atoms with Crippen LogP contribution in [-0.2, 0) is 7.05 Å². The molecule has 0 saturated heterocycles. The summed E-state index contributed by atoms with van der Waals surface area (Å²) in [6.07, 6.45) is 0. The van der Waals surface area contributed by atoms with Crippen LogP contribution in [0.1, 0.15) is 20.9 Å². The van der Waals surface area contributed by atoms with E-state index in [-0.39, 0.29) is 5.91 Å². The highest BCUT2D eigenvalue weighted by Gasteiger charge is 2.20. The Morgan fingerprint density at radius 3 is 2.57 bits per heavy atom. The smallest absolute Gasteiger partial charge is 0.267 e. The second-order valence-corrected chi connectivity index (χ2v) is 6.05. The molecule has 0 atom stereocenters. The quantitative estimate of drug-likeness (QED) is 0.764. The average molecular weight is 300 g/mol. The molecular weight excluding hydrogens is 284 g/mol. The molecule has 0 fully saturated rings. The highest BCUT2D eigenvalue weighted by molar-refractivity contribution is 7.21. The van der Waals surface area contributed by atoms with Gasteiger partial charge in [-0.1, -0.05) is 17.7 Å². The summed E-state index contributed by atoms with van der Waals surface area (Å²) in [4.78, 5) is 13.8. The number of amides is 1. The normalized spacial score (nSPS) is 11.0. The minimum atomic E-state index is -0.183. The molecule has 5 nitrogen and oxygen atoms in total. The molecule has 0 unspecified atom stereocenters. The average Bonchev–Trinajstić information content (AvgIpc) is 2.92. The second kappa shape index (κ2) is 4.89. The first-order valence-corrected chi connectivity index (χ1v) is 7.38. The number of rotatable bonds is 2. The lowest BCUT2D eigenvalue weighted by Crippen LogP contribution is -2.12. The van der Waals surface area contributed by atoms with Crippen LogP contribution < -0.4 is 11.1 Å². The predicted molar refractivity (Wildman–Crippen MR) is 86.9 cm³/mol. The Morgan fingerprint density at radius 1 is 1.29 bits per heavy atom. The molecule has 2 aromatic heterocycles. The molecule has 1 amide bonds. The van der Waals surface area contributed by atoms with Crippen LogP contribution in [0.3, 0.4) is 0 Å². The minimum Gasteiger partial charge on any atom is -0.397 e. The number of nitrogen functional groups attached to an aromatic ring is 1. The van der Waals surface area contributed by atoms with Gasteiger partial charge in [-0.05, 0) is 26.0 Å². The maximum Gasteiger partial charge on any atom is 0.267 e. The number of anilines is 2. The van der Waals surface area contributed by atoms with Crippen LogP contribution in [0.4, 0.5) is 11.4 Å². The van der Waals surface area contributed by atoms with E-state index in [1.54, 1.807) is 4.68 Å². The first kappa shape index (κ1) is 13.6. The van der Waals surface area contributed by atoms with Crippen molar-refractivity contribution in [3.8, 4) is 0 Å². The topological polar surface area (TPSA) is 72.9 Å². The molecule has 0 aliphatic rings. The molecule has 0 bridgehead atoms. The monoisotopic (exact) mass is 300 g/mol. The van der Waals surface area contributed by atoms with Gasteiger partial charge in [0.25, 0.3) is 5.91 Å². The molecule has 0 radical (unpaired) electrons. The number of fused-ring (bicyclic) bond motifs is 1. The molecule has 2 heterocycles. The third-order valence-electron chi connectivity index (χ3n) is 3.40. The maximum atomic E-state index is 12.4. The maximum absolute atomic E-state index is 12.4. The molecule has 6 heteroatoms. The lowest BCUT2D eigenvalue weighted by molar-refractivity contribution is 0.103. The van der Waals surface area contributed by atoms with Crippen LogP contribution in [0.25, 0.3) is 10.2 Å². The fourth-order valence-electron chi connectivity index (χ4n) is 2.32. The summed E-state index contributed by atoms with van der Waals surface area (Å²) in [7, 11) is 1.85. The molecule has 0 spiro atoms. The standard InChI is InChI=1S/C15H16N4OS/c1-8-4-6-10(7-5-8)17-14(20)13-12(16)11-9(2)18-19(3)15(11)21-13/h4-7H,16H2,1-3H3,(H,17,20). The molecule has 3 rings (SSSR count). The number of nitrogens with two attached hydrogens (primary N) is 1.